The van der Waals surface area contributed by atoms with Gasteiger partial charge in [0.25, 0.3) is 0 Å². The molecule has 0 radical (unpaired) electrons. The van der Waals surface area contributed by atoms with Crippen LogP contribution in [0.15, 0.2) is 23.7 Å². The van der Waals surface area contributed by atoms with E-state index in [2.05, 4.69) is 39.2 Å². The van der Waals surface area contributed by atoms with Crippen molar-refractivity contribution in [2.24, 2.45) is 0 Å². The zero-order valence-electron chi connectivity index (χ0n) is 20.2. The Morgan fingerprint density at radius 2 is 1.58 bits per heavy atom. The summed E-state index contributed by atoms with van der Waals surface area (Å²) in [6, 6.07) is 4.50. The Kier molecular flexibility index (Phi) is 11.5. The van der Waals surface area contributed by atoms with E-state index in [9.17, 15) is 26.3 Å². The van der Waals surface area contributed by atoms with E-state index >= 15 is 0 Å². The van der Waals surface area contributed by atoms with Gasteiger partial charge in [0.1, 0.15) is 5.01 Å². The van der Waals surface area contributed by atoms with Crippen molar-refractivity contribution in [3.63, 3.8) is 0 Å². The minimum Gasteiger partial charge on any atom is -0.475 e. The van der Waals surface area contributed by atoms with Crippen LogP contribution >= 0.6 is 22.7 Å². The summed E-state index contributed by atoms with van der Waals surface area (Å²) in [5.41, 5.74) is 0.0668. The van der Waals surface area contributed by atoms with E-state index < -0.39 is 24.3 Å². The Hall–Kier alpha value is -2.27. The largest absolute Gasteiger partial charge is 0.490 e. The standard InChI is InChI=1S/C18H25N3OS2.2C2HF3O2/c1-15-2-3-16(24-15)12-20-7-4-18(5-8-20)14-21(9-10-22-18)13-17-19-6-11-23-17;2*3-2(4,5)1(6)7/h2-3,6,11H,4-5,7-10,12-14H2,1H3;2*(H,6,7). The van der Waals surface area contributed by atoms with Crippen LogP contribution in [0.1, 0.15) is 27.6 Å². The van der Waals surface area contributed by atoms with E-state index in [-0.39, 0.29) is 5.60 Å². The van der Waals surface area contributed by atoms with Crippen molar-refractivity contribution in [3.8, 4) is 0 Å². The average molecular weight is 592 g/mol. The van der Waals surface area contributed by atoms with Crippen molar-refractivity contribution in [2.45, 2.75) is 50.8 Å². The van der Waals surface area contributed by atoms with E-state index in [0.717, 1.165) is 58.7 Å². The highest BCUT2D eigenvalue weighted by molar-refractivity contribution is 7.11. The molecule has 4 rings (SSSR count). The fourth-order valence-corrected chi connectivity index (χ4v) is 5.38. The Morgan fingerprint density at radius 3 is 2.03 bits per heavy atom. The first-order chi connectivity index (χ1) is 17.6. The Morgan fingerprint density at radius 1 is 1.00 bits per heavy atom. The number of piperidine rings is 1. The molecule has 16 heteroatoms. The van der Waals surface area contributed by atoms with Gasteiger partial charge in [-0.2, -0.15) is 26.3 Å². The third-order valence-electron chi connectivity index (χ3n) is 5.60. The number of thiazole rings is 1. The number of hydrogen-bond donors (Lipinski definition) is 2. The zero-order chi connectivity index (χ0) is 28.6. The molecule has 214 valence electrons. The van der Waals surface area contributed by atoms with E-state index in [1.165, 1.54) is 14.8 Å². The lowest BCUT2D eigenvalue weighted by atomic mass is 9.89. The predicted octanol–water partition coefficient (Wildman–Crippen LogP) is 4.65. The smallest absolute Gasteiger partial charge is 0.475 e. The highest BCUT2D eigenvalue weighted by Gasteiger charge is 2.40. The number of aryl methyl sites for hydroxylation is 1. The van der Waals surface area contributed by atoms with Gasteiger partial charge in [0.2, 0.25) is 0 Å². The number of halogens is 6. The van der Waals surface area contributed by atoms with Crippen LogP contribution in [0.3, 0.4) is 0 Å². The summed E-state index contributed by atoms with van der Waals surface area (Å²) >= 11 is 3.68. The van der Waals surface area contributed by atoms with Crippen LogP contribution in [0.2, 0.25) is 0 Å². The number of ether oxygens (including phenoxy) is 1. The van der Waals surface area contributed by atoms with Crippen LogP contribution in [0.25, 0.3) is 0 Å². The van der Waals surface area contributed by atoms with Gasteiger partial charge in [-0.1, -0.05) is 0 Å². The summed E-state index contributed by atoms with van der Waals surface area (Å²) in [6.45, 7) is 9.47. The lowest BCUT2D eigenvalue weighted by Crippen LogP contribution is -2.56. The number of rotatable bonds is 4. The van der Waals surface area contributed by atoms with E-state index in [4.69, 9.17) is 24.5 Å². The third-order valence-corrected chi connectivity index (χ3v) is 7.35. The molecule has 2 aliphatic heterocycles. The molecule has 0 amide bonds. The molecular weight excluding hydrogens is 564 g/mol. The maximum atomic E-state index is 10.6. The van der Waals surface area contributed by atoms with Gasteiger partial charge in [-0.3, -0.25) is 9.80 Å². The first kappa shape index (κ1) is 31.9. The van der Waals surface area contributed by atoms with Crippen LogP contribution in [0.5, 0.6) is 0 Å². The molecule has 0 unspecified atom stereocenters. The molecule has 2 aliphatic rings. The molecular formula is C22H27F6N3O5S2. The van der Waals surface area contributed by atoms with Crippen molar-refractivity contribution in [2.75, 3.05) is 32.8 Å². The summed E-state index contributed by atoms with van der Waals surface area (Å²) in [5, 5.41) is 17.5. The number of alkyl halides is 6. The van der Waals surface area contributed by atoms with Gasteiger partial charge in [-0.25, -0.2) is 14.6 Å². The molecule has 1 spiro atoms. The van der Waals surface area contributed by atoms with Gasteiger partial charge in [0, 0.05) is 54.1 Å². The molecule has 0 saturated carbocycles. The molecule has 2 aromatic heterocycles. The second-order valence-electron chi connectivity index (χ2n) is 8.56. The maximum absolute atomic E-state index is 10.6. The van der Waals surface area contributed by atoms with E-state index in [0.29, 0.717) is 0 Å². The fourth-order valence-electron chi connectivity index (χ4n) is 3.79. The maximum Gasteiger partial charge on any atom is 0.490 e. The second-order valence-corrected chi connectivity index (χ2v) is 10.9. The van der Waals surface area contributed by atoms with Gasteiger partial charge in [-0.15, -0.1) is 22.7 Å². The zero-order valence-corrected chi connectivity index (χ0v) is 21.9. The van der Waals surface area contributed by atoms with Crippen molar-refractivity contribution in [3.05, 3.63) is 38.5 Å². The average Bonchev–Trinajstić information content (AvgIpc) is 3.47. The Labute approximate surface area is 222 Å². The monoisotopic (exact) mass is 591 g/mol. The Bertz CT molecular complexity index is 998. The second kappa shape index (κ2) is 13.7. The number of nitrogens with zero attached hydrogens (tertiary/aromatic N) is 3. The molecule has 2 fully saturated rings. The number of carboxylic acids is 2. The molecule has 4 heterocycles. The Balaban J connectivity index is 0.000000301. The number of thiophene rings is 1. The fraction of sp³-hybridized carbons (Fsp3) is 0.591. The lowest BCUT2D eigenvalue weighted by Gasteiger charge is -2.47. The normalized spacial score (nSPS) is 18.2. The van der Waals surface area contributed by atoms with Gasteiger partial charge in [0.15, 0.2) is 0 Å². The topological polar surface area (TPSA) is 103 Å². The summed E-state index contributed by atoms with van der Waals surface area (Å²) in [4.78, 5) is 30.2. The summed E-state index contributed by atoms with van der Waals surface area (Å²) < 4.78 is 69.7. The van der Waals surface area contributed by atoms with E-state index in [1.54, 1.807) is 11.3 Å². The molecule has 2 saturated heterocycles. The number of carbonyl (C=O) groups is 2. The quantitative estimate of drug-likeness (QED) is 0.496. The minimum atomic E-state index is -5.08. The number of aliphatic carboxylic acids is 2. The summed E-state index contributed by atoms with van der Waals surface area (Å²) in [7, 11) is 0. The van der Waals surface area contributed by atoms with Gasteiger partial charge >= 0.3 is 24.3 Å². The first-order valence-electron chi connectivity index (χ1n) is 11.2. The van der Waals surface area contributed by atoms with E-state index in [1.807, 2.05) is 17.5 Å². The van der Waals surface area contributed by atoms with Crippen LogP contribution in [0, 0.1) is 6.92 Å². The van der Waals surface area contributed by atoms with Crippen molar-refractivity contribution >= 4 is 34.6 Å². The number of hydrogen-bond acceptors (Lipinski definition) is 8. The number of likely N-dealkylation sites (tertiary alicyclic amines) is 1. The lowest BCUT2D eigenvalue weighted by molar-refractivity contribution is -0.193. The highest BCUT2D eigenvalue weighted by atomic mass is 32.1. The summed E-state index contributed by atoms with van der Waals surface area (Å²) in [6.07, 6.45) is -5.97. The molecule has 0 aromatic carbocycles. The minimum absolute atomic E-state index is 0.0668. The molecule has 0 bridgehead atoms. The van der Waals surface area contributed by atoms with Crippen LogP contribution < -0.4 is 0 Å². The van der Waals surface area contributed by atoms with Crippen LogP contribution in [-0.4, -0.2) is 87.7 Å². The van der Waals surface area contributed by atoms with Crippen molar-refractivity contribution in [1.82, 2.24) is 14.8 Å². The molecule has 0 atom stereocenters. The van der Waals surface area contributed by atoms with Crippen molar-refractivity contribution < 1.29 is 50.9 Å². The number of aromatic nitrogens is 1. The third kappa shape index (κ3) is 10.8. The predicted molar refractivity (Wildman–Crippen MR) is 127 cm³/mol. The van der Waals surface area contributed by atoms with Crippen molar-refractivity contribution in [1.29, 1.82) is 0 Å². The van der Waals surface area contributed by atoms with Crippen LogP contribution in [0.4, 0.5) is 26.3 Å². The van der Waals surface area contributed by atoms with Gasteiger partial charge < -0.3 is 14.9 Å². The van der Waals surface area contributed by atoms with Gasteiger partial charge in [-0.05, 0) is 31.9 Å². The highest BCUT2D eigenvalue weighted by Crippen LogP contribution is 2.32. The molecule has 2 N–H and O–H groups in total. The summed E-state index contributed by atoms with van der Waals surface area (Å²) in [5.74, 6) is -5.51. The molecule has 8 nitrogen and oxygen atoms in total. The number of morpholine rings is 1. The van der Waals surface area contributed by atoms with Gasteiger partial charge in [0.05, 0.1) is 18.8 Å². The molecule has 0 aliphatic carbocycles. The van der Waals surface area contributed by atoms with Crippen LogP contribution in [-0.2, 0) is 27.4 Å². The number of carboxylic acid groups (broad SMARTS) is 2. The molecule has 2 aromatic rings. The SMILES string of the molecule is Cc1ccc(CN2CCC3(CC2)CN(Cc2nccs2)CCO3)s1.O=C(O)C(F)(F)F.O=C(O)C(F)(F)F. The molecule has 38 heavy (non-hydrogen) atoms. The first-order valence-corrected chi connectivity index (χ1v) is 12.9.